The number of hydrogen-bond donors (Lipinski definition) is 2. The third kappa shape index (κ3) is 5.56. The Hall–Kier alpha value is -2.96. The third-order valence-corrected chi connectivity index (χ3v) is 3.59. The number of halogens is 1. The molecule has 6 nitrogen and oxygen atoms in total. The fourth-order valence-electron chi connectivity index (χ4n) is 2.24. The van der Waals surface area contributed by atoms with Gasteiger partial charge >= 0.3 is 0 Å². The van der Waals surface area contributed by atoms with Crippen LogP contribution in [-0.4, -0.2) is 17.4 Å². The van der Waals surface area contributed by atoms with E-state index in [1.165, 1.54) is 18.2 Å². The van der Waals surface area contributed by atoms with Gasteiger partial charge in [0, 0.05) is 25.2 Å². The molecule has 0 saturated heterocycles. The smallest absolute Gasteiger partial charge is 0.269 e. The van der Waals surface area contributed by atoms with Gasteiger partial charge in [-0.25, -0.2) is 9.38 Å². The fourth-order valence-corrected chi connectivity index (χ4v) is 2.24. The van der Waals surface area contributed by atoms with E-state index in [-0.39, 0.29) is 11.5 Å². The van der Waals surface area contributed by atoms with Crippen LogP contribution in [0.3, 0.4) is 0 Å². The Bertz CT molecular complexity index is 760. The van der Waals surface area contributed by atoms with E-state index in [2.05, 4.69) is 15.6 Å². The minimum absolute atomic E-state index is 0.0657. The average Bonchev–Trinajstić information content (AvgIpc) is 2.60. The molecule has 0 unspecified atom stereocenters. The monoisotopic (exact) mass is 344 g/mol. The van der Waals surface area contributed by atoms with Gasteiger partial charge < -0.3 is 10.6 Å². The summed E-state index contributed by atoms with van der Waals surface area (Å²) in [6, 6.07) is 11.3. The standard InChI is InChI=1S/C18H21FN4O2/c1-3-20-18(22-12-15-6-9-17(19)13(2)10-15)21-11-14-4-7-16(8-5-14)23(24)25/h4-10H,3,11-12H2,1-2H3,(H2,20,21,22). The largest absolute Gasteiger partial charge is 0.357 e. The van der Waals surface area contributed by atoms with Crippen LogP contribution in [0.2, 0.25) is 0 Å². The number of aryl methyl sites for hydroxylation is 1. The van der Waals surface area contributed by atoms with Crippen molar-refractivity contribution in [3.63, 3.8) is 0 Å². The molecule has 0 aliphatic heterocycles. The summed E-state index contributed by atoms with van der Waals surface area (Å²) in [5, 5.41) is 17.0. The van der Waals surface area contributed by atoms with Crippen molar-refractivity contribution in [2.75, 3.05) is 6.54 Å². The Morgan fingerprint density at radius 1 is 1.16 bits per heavy atom. The summed E-state index contributed by atoms with van der Waals surface area (Å²) >= 11 is 0. The quantitative estimate of drug-likeness (QED) is 0.365. The van der Waals surface area contributed by atoms with Crippen LogP contribution >= 0.6 is 0 Å². The average molecular weight is 344 g/mol. The van der Waals surface area contributed by atoms with Gasteiger partial charge in [-0.05, 0) is 36.6 Å². The van der Waals surface area contributed by atoms with Gasteiger partial charge in [0.2, 0.25) is 0 Å². The first-order valence-electron chi connectivity index (χ1n) is 8.00. The first-order chi connectivity index (χ1) is 12.0. The fraction of sp³-hybridized carbons (Fsp3) is 0.278. The Balaban J connectivity index is 1.99. The van der Waals surface area contributed by atoms with Crippen LogP contribution in [-0.2, 0) is 13.1 Å². The number of rotatable bonds is 6. The highest BCUT2D eigenvalue weighted by Crippen LogP contribution is 2.12. The maximum absolute atomic E-state index is 13.3. The molecule has 0 aromatic heterocycles. The molecule has 2 rings (SSSR count). The Labute approximate surface area is 145 Å². The summed E-state index contributed by atoms with van der Waals surface area (Å²) in [6.45, 7) is 5.31. The highest BCUT2D eigenvalue weighted by molar-refractivity contribution is 5.79. The number of guanidine groups is 1. The lowest BCUT2D eigenvalue weighted by atomic mass is 10.1. The third-order valence-electron chi connectivity index (χ3n) is 3.59. The second-order valence-corrected chi connectivity index (χ2v) is 5.56. The number of benzene rings is 2. The minimum atomic E-state index is -0.423. The van der Waals surface area contributed by atoms with Gasteiger partial charge in [-0.2, -0.15) is 0 Å². The lowest BCUT2D eigenvalue weighted by molar-refractivity contribution is -0.384. The van der Waals surface area contributed by atoms with E-state index in [0.29, 0.717) is 31.2 Å². The molecule has 0 amide bonds. The van der Waals surface area contributed by atoms with Crippen LogP contribution < -0.4 is 10.6 Å². The molecular formula is C18H21FN4O2. The maximum Gasteiger partial charge on any atom is 0.269 e. The Morgan fingerprint density at radius 2 is 1.84 bits per heavy atom. The topological polar surface area (TPSA) is 79.6 Å². The molecule has 0 aliphatic rings. The van der Waals surface area contributed by atoms with Crippen molar-refractivity contribution in [3.8, 4) is 0 Å². The molecule has 132 valence electrons. The van der Waals surface area contributed by atoms with E-state index in [1.807, 2.05) is 6.92 Å². The summed E-state index contributed by atoms with van der Waals surface area (Å²) in [4.78, 5) is 14.7. The molecular weight excluding hydrogens is 323 g/mol. The number of hydrogen-bond acceptors (Lipinski definition) is 3. The first-order valence-corrected chi connectivity index (χ1v) is 8.00. The van der Waals surface area contributed by atoms with E-state index in [9.17, 15) is 14.5 Å². The van der Waals surface area contributed by atoms with Crippen molar-refractivity contribution in [1.29, 1.82) is 0 Å². The number of nitrogens with zero attached hydrogens (tertiary/aromatic N) is 2. The van der Waals surface area contributed by atoms with Crippen molar-refractivity contribution in [2.24, 2.45) is 4.99 Å². The number of nitrogens with one attached hydrogen (secondary N) is 2. The van der Waals surface area contributed by atoms with Gasteiger partial charge in [-0.15, -0.1) is 0 Å². The Kier molecular flexibility index (Phi) is 6.45. The number of aliphatic imine (C=N–C) groups is 1. The summed E-state index contributed by atoms with van der Waals surface area (Å²) in [7, 11) is 0. The Morgan fingerprint density at radius 3 is 2.44 bits per heavy atom. The lowest BCUT2D eigenvalue weighted by Crippen LogP contribution is -2.36. The second-order valence-electron chi connectivity index (χ2n) is 5.56. The lowest BCUT2D eigenvalue weighted by Gasteiger charge is -2.11. The first kappa shape index (κ1) is 18.4. The van der Waals surface area contributed by atoms with Crippen molar-refractivity contribution in [1.82, 2.24) is 10.6 Å². The summed E-state index contributed by atoms with van der Waals surface area (Å²) in [5.41, 5.74) is 2.49. The normalized spacial score (nSPS) is 11.2. The zero-order valence-corrected chi connectivity index (χ0v) is 14.3. The van der Waals surface area contributed by atoms with Crippen LogP contribution in [0.25, 0.3) is 0 Å². The van der Waals surface area contributed by atoms with Crippen LogP contribution in [0.5, 0.6) is 0 Å². The number of non-ortho nitro benzene ring substituents is 1. The number of nitro groups is 1. The highest BCUT2D eigenvalue weighted by Gasteiger charge is 2.05. The molecule has 0 aliphatic carbocycles. The molecule has 0 fully saturated rings. The van der Waals surface area contributed by atoms with Gasteiger partial charge in [0.05, 0.1) is 11.5 Å². The summed E-state index contributed by atoms with van der Waals surface area (Å²) < 4.78 is 13.3. The molecule has 7 heteroatoms. The predicted octanol–water partition coefficient (Wildman–Crippen LogP) is 3.30. The highest BCUT2D eigenvalue weighted by atomic mass is 19.1. The number of nitro benzene ring substituents is 1. The van der Waals surface area contributed by atoms with Crippen molar-refractivity contribution in [3.05, 3.63) is 75.1 Å². The van der Waals surface area contributed by atoms with Crippen molar-refractivity contribution in [2.45, 2.75) is 26.9 Å². The molecule has 0 bridgehead atoms. The van der Waals surface area contributed by atoms with Crippen LogP contribution in [0, 0.1) is 22.9 Å². The molecule has 2 N–H and O–H groups in total. The molecule has 2 aromatic rings. The zero-order chi connectivity index (χ0) is 18.2. The predicted molar refractivity (Wildman–Crippen MR) is 95.9 cm³/mol. The molecule has 0 radical (unpaired) electrons. The van der Waals surface area contributed by atoms with Gasteiger partial charge in [0.25, 0.3) is 5.69 Å². The maximum atomic E-state index is 13.3. The van der Waals surface area contributed by atoms with E-state index in [0.717, 1.165) is 11.1 Å². The molecule has 2 aromatic carbocycles. The van der Waals surface area contributed by atoms with Crippen molar-refractivity contribution >= 4 is 11.6 Å². The van der Waals surface area contributed by atoms with Crippen molar-refractivity contribution < 1.29 is 9.31 Å². The molecule has 0 atom stereocenters. The van der Waals surface area contributed by atoms with E-state index >= 15 is 0 Å². The van der Waals surface area contributed by atoms with E-state index in [1.54, 1.807) is 31.2 Å². The van der Waals surface area contributed by atoms with Crippen LogP contribution in [0.1, 0.15) is 23.6 Å². The van der Waals surface area contributed by atoms with E-state index < -0.39 is 4.92 Å². The molecule has 0 heterocycles. The van der Waals surface area contributed by atoms with Crippen LogP contribution in [0.4, 0.5) is 10.1 Å². The molecule has 0 spiro atoms. The SMILES string of the molecule is CCNC(=NCc1ccc(F)c(C)c1)NCc1ccc([N+](=O)[O-])cc1. The van der Waals surface area contributed by atoms with Gasteiger partial charge in [-0.1, -0.05) is 24.3 Å². The minimum Gasteiger partial charge on any atom is -0.357 e. The van der Waals surface area contributed by atoms with Gasteiger partial charge in [0.1, 0.15) is 5.82 Å². The molecule has 25 heavy (non-hydrogen) atoms. The molecule has 0 saturated carbocycles. The summed E-state index contributed by atoms with van der Waals surface area (Å²) in [5.74, 6) is 0.402. The van der Waals surface area contributed by atoms with Gasteiger partial charge in [0.15, 0.2) is 5.96 Å². The van der Waals surface area contributed by atoms with Crippen LogP contribution in [0.15, 0.2) is 47.5 Å². The second kappa shape index (κ2) is 8.77. The van der Waals surface area contributed by atoms with Gasteiger partial charge in [-0.3, -0.25) is 10.1 Å². The summed E-state index contributed by atoms with van der Waals surface area (Å²) in [6.07, 6.45) is 0. The van der Waals surface area contributed by atoms with E-state index in [4.69, 9.17) is 0 Å². The zero-order valence-electron chi connectivity index (χ0n) is 14.3.